The largest absolute Gasteiger partial charge is 0.480 e. The summed E-state index contributed by atoms with van der Waals surface area (Å²) in [4.78, 5) is 25.9. The molecule has 3 rings (SSSR count). The Labute approximate surface area is 136 Å². The second-order valence-electron chi connectivity index (χ2n) is 6.77. The highest BCUT2D eigenvalue weighted by molar-refractivity contribution is 5.88. The van der Waals surface area contributed by atoms with Crippen molar-refractivity contribution in [3.63, 3.8) is 0 Å². The molecule has 0 spiro atoms. The molecule has 1 aliphatic carbocycles. The molecule has 23 heavy (non-hydrogen) atoms. The number of carboxylic acids is 1. The van der Waals surface area contributed by atoms with Crippen LogP contribution in [0.1, 0.15) is 43.6 Å². The molecular formula is C18H24N2O3. The van der Waals surface area contributed by atoms with E-state index < -0.39 is 11.5 Å². The Bertz CT molecular complexity index is 567. The van der Waals surface area contributed by atoms with Gasteiger partial charge in [0, 0.05) is 6.54 Å². The summed E-state index contributed by atoms with van der Waals surface area (Å²) in [5.41, 5.74) is 0.281. The summed E-state index contributed by atoms with van der Waals surface area (Å²) in [6, 6.07) is 10.4. The number of nitrogens with one attached hydrogen (secondary N) is 1. The predicted molar refractivity (Wildman–Crippen MR) is 87.2 cm³/mol. The van der Waals surface area contributed by atoms with Crippen molar-refractivity contribution in [2.24, 2.45) is 0 Å². The second kappa shape index (κ2) is 6.71. The number of carboxylic acid groups (broad SMARTS) is 1. The molecule has 1 saturated carbocycles. The van der Waals surface area contributed by atoms with Gasteiger partial charge in [0.15, 0.2) is 0 Å². The van der Waals surface area contributed by atoms with E-state index in [2.05, 4.69) is 22.3 Å². The van der Waals surface area contributed by atoms with E-state index in [1.807, 2.05) is 18.2 Å². The van der Waals surface area contributed by atoms with Gasteiger partial charge in [0.1, 0.15) is 5.54 Å². The first-order chi connectivity index (χ1) is 11.1. The zero-order chi connectivity index (χ0) is 16.3. The molecule has 5 nitrogen and oxygen atoms in total. The fraction of sp³-hybridized carbons (Fsp3) is 0.556. The first-order valence-corrected chi connectivity index (χ1v) is 8.41. The highest BCUT2D eigenvalue weighted by Crippen LogP contribution is 2.30. The van der Waals surface area contributed by atoms with Gasteiger partial charge in [-0.2, -0.15) is 0 Å². The summed E-state index contributed by atoms with van der Waals surface area (Å²) in [6.45, 7) is 2.03. The summed E-state index contributed by atoms with van der Waals surface area (Å²) >= 11 is 0. The van der Waals surface area contributed by atoms with Crippen LogP contribution < -0.4 is 5.32 Å². The number of likely N-dealkylation sites (tertiary alicyclic amines) is 1. The van der Waals surface area contributed by atoms with E-state index in [0.717, 1.165) is 32.4 Å². The zero-order valence-electron chi connectivity index (χ0n) is 13.3. The van der Waals surface area contributed by atoms with E-state index in [1.165, 1.54) is 5.56 Å². The molecule has 1 saturated heterocycles. The van der Waals surface area contributed by atoms with Crippen LogP contribution in [0.4, 0.5) is 0 Å². The van der Waals surface area contributed by atoms with E-state index in [1.54, 1.807) is 0 Å². The molecule has 1 atom stereocenters. The monoisotopic (exact) mass is 316 g/mol. The summed E-state index contributed by atoms with van der Waals surface area (Å²) in [5, 5.41) is 12.2. The van der Waals surface area contributed by atoms with Crippen LogP contribution in [0.2, 0.25) is 0 Å². The minimum Gasteiger partial charge on any atom is -0.480 e. The summed E-state index contributed by atoms with van der Waals surface area (Å²) < 4.78 is 0. The van der Waals surface area contributed by atoms with Crippen LogP contribution in [0, 0.1) is 0 Å². The third-order valence-electron chi connectivity index (χ3n) is 5.16. The molecule has 2 N–H and O–H groups in total. The lowest BCUT2D eigenvalue weighted by Crippen LogP contribution is -2.54. The summed E-state index contributed by atoms with van der Waals surface area (Å²) in [6.07, 6.45) is 3.86. The lowest BCUT2D eigenvalue weighted by atomic mass is 9.98. The molecule has 1 aromatic rings. The Morgan fingerprint density at radius 3 is 2.57 bits per heavy atom. The van der Waals surface area contributed by atoms with Gasteiger partial charge in [-0.1, -0.05) is 43.2 Å². The topological polar surface area (TPSA) is 69.6 Å². The Morgan fingerprint density at radius 1 is 1.22 bits per heavy atom. The fourth-order valence-corrected chi connectivity index (χ4v) is 3.85. The SMILES string of the molecule is O=C(CN1CCC(c2ccccc2)C1)NC1(C(=O)O)CCCC1. The maximum atomic E-state index is 12.3. The van der Waals surface area contributed by atoms with Gasteiger partial charge in [-0.3, -0.25) is 9.69 Å². The van der Waals surface area contributed by atoms with Crippen molar-refractivity contribution in [3.05, 3.63) is 35.9 Å². The molecule has 0 radical (unpaired) electrons. The molecule has 5 heteroatoms. The molecule has 1 amide bonds. The normalized spacial score (nSPS) is 23.7. The van der Waals surface area contributed by atoms with Gasteiger partial charge in [-0.05, 0) is 37.3 Å². The number of hydrogen-bond donors (Lipinski definition) is 2. The molecule has 0 bridgehead atoms. The van der Waals surface area contributed by atoms with Crippen LogP contribution in [0.5, 0.6) is 0 Å². The van der Waals surface area contributed by atoms with Crippen molar-refractivity contribution >= 4 is 11.9 Å². The van der Waals surface area contributed by atoms with Gasteiger partial charge < -0.3 is 10.4 Å². The number of carbonyl (C=O) groups excluding carboxylic acids is 1. The highest BCUT2D eigenvalue weighted by atomic mass is 16.4. The van der Waals surface area contributed by atoms with Crippen LogP contribution in [-0.4, -0.2) is 47.1 Å². The van der Waals surface area contributed by atoms with E-state index >= 15 is 0 Å². The minimum absolute atomic E-state index is 0.164. The van der Waals surface area contributed by atoms with Crippen LogP contribution in [0.25, 0.3) is 0 Å². The number of aliphatic carboxylic acids is 1. The maximum Gasteiger partial charge on any atom is 0.329 e. The third-order valence-corrected chi connectivity index (χ3v) is 5.16. The number of carbonyl (C=O) groups is 2. The molecular weight excluding hydrogens is 292 g/mol. The number of benzene rings is 1. The molecule has 124 valence electrons. The minimum atomic E-state index is -1.03. The van der Waals surface area contributed by atoms with E-state index in [0.29, 0.717) is 25.3 Å². The Kier molecular flexibility index (Phi) is 4.66. The van der Waals surface area contributed by atoms with Crippen LogP contribution >= 0.6 is 0 Å². The molecule has 1 heterocycles. The van der Waals surface area contributed by atoms with Gasteiger partial charge in [-0.25, -0.2) is 4.79 Å². The van der Waals surface area contributed by atoms with Gasteiger partial charge in [0.05, 0.1) is 6.54 Å². The fourth-order valence-electron chi connectivity index (χ4n) is 3.85. The number of amides is 1. The van der Waals surface area contributed by atoms with Gasteiger partial charge in [0.25, 0.3) is 0 Å². The summed E-state index contributed by atoms with van der Waals surface area (Å²) in [7, 11) is 0. The summed E-state index contributed by atoms with van der Waals surface area (Å²) in [5.74, 6) is -0.598. The standard InChI is InChI=1S/C18H24N2O3/c21-16(19-18(17(22)23)9-4-5-10-18)13-20-11-8-15(12-20)14-6-2-1-3-7-14/h1-3,6-7,15H,4-5,8-13H2,(H,19,21)(H,22,23). The Balaban J connectivity index is 1.54. The zero-order valence-corrected chi connectivity index (χ0v) is 13.3. The molecule has 0 aromatic heterocycles. The average molecular weight is 316 g/mol. The van der Waals surface area contributed by atoms with Crippen molar-refractivity contribution in [1.29, 1.82) is 0 Å². The molecule has 1 unspecified atom stereocenters. The highest BCUT2D eigenvalue weighted by Gasteiger charge is 2.42. The number of rotatable bonds is 5. The van der Waals surface area contributed by atoms with Crippen molar-refractivity contribution in [2.75, 3.05) is 19.6 Å². The van der Waals surface area contributed by atoms with E-state index in [4.69, 9.17) is 0 Å². The van der Waals surface area contributed by atoms with Crippen LogP contribution in [0.3, 0.4) is 0 Å². The van der Waals surface area contributed by atoms with Crippen molar-refractivity contribution in [3.8, 4) is 0 Å². The smallest absolute Gasteiger partial charge is 0.329 e. The Morgan fingerprint density at radius 2 is 1.91 bits per heavy atom. The first-order valence-electron chi connectivity index (χ1n) is 8.41. The van der Waals surface area contributed by atoms with Crippen LogP contribution in [-0.2, 0) is 9.59 Å². The van der Waals surface area contributed by atoms with Gasteiger partial charge >= 0.3 is 5.97 Å². The molecule has 1 aliphatic heterocycles. The average Bonchev–Trinajstić information content (AvgIpc) is 3.18. The molecule has 1 aromatic carbocycles. The first kappa shape index (κ1) is 16.0. The van der Waals surface area contributed by atoms with E-state index in [-0.39, 0.29) is 5.91 Å². The van der Waals surface area contributed by atoms with Crippen molar-refractivity contribution in [2.45, 2.75) is 43.6 Å². The van der Waals surface area contributed by atoms with Crippen molar-refractivity contribution < 1.29 is 14.7 Å². The van der Waals surface area contributed by atoms with Gasteiger partial charge in [-0.15, -0.1) is 0 Å². The van der Waals surface area contributed by atoms with E-state index in [9.17, 15) is 14.7 Å². The lowest BCUT2D eigenvalue weighted by molar-refractivity contribution is -0.147. The molecule has 2 fully saturated rings. The number of nitrogens with zero attached hydrogens (tertiary/aromatic N) is 1. The Hall–Kier alpha value is -1.88. The lowest BCUT2D eigenvalue weighted by Gasteiger charge is -2.26. The number of hydrogen-bond acceptors (Lipinski definition) is 3. The van der Waals surface area contributed by atoms with Crippen molar-refractivity contribution in [1.82, 2.24) is 10.2 Å². The molecule has 2 aliphatic rings. The van der Waals surface area contributed by atoms with Crippen LogP contribution in [0.15, 0.2) is 30.3 Å². The quantitative estimate of drug-likeness (QED) is 0.871. The second-order valence-corrected chi connectivity index (χ2v) is 6.77. The predicted octanol–water partition coefficient (Wildman–Crippen LogP) is 1.99. The maximum absolute atomic E-state index is 12.3. The van der Waals surface area contributed by atoms with Gasteiger partial charge in [0.2, 0.25) is 5.91 Å². The third kappa shape index (κ3) is 3.55.